The Bertz CT molecular complexity index is 1640. The highest BCUT2D eigenvalue weighted by Crippen LogP contribution is 2.17. The molecule has 0 radical (unpaired) electrons. The smallest absolute Gasteiger partial charge is 0.305 e. The number of hydrogen-bond donors (Lipinski definition) is 2. The van der Waals surface area contributed by atoms with E-state index in [0.717, 1.165) is 51.4 Å². The Morgan fingerprint density at radius 3 is 0.727 bits per heavy atom. The van der Waals surface area contributed by atoms with E-state index in [1.54, 1.807) is 9.80 Å². The van der Waals surface area contributed by atoms with Crippen LogP contribution in [-0.2, 0) is 47.7 Å². The van der Waals surface area contributed by atoms with Gasteiger partial charge in [-0.15, -0.1) is 0 Å². The fourth-order valence-electron chi connectivity index (χ4n) is 11.7. The molecule has 592 valence electrons. The fourth-order valence-corrected chi connectivity index (χ4v) is 11.7. The standard InChI is InChI=1S/C40H79N2O6.C38H74N2O5.C2H5BrO.CH4.BrH/c1-5-7-9-11-13-15-17-19-21-23-25-29-39(45)47-35-27-31-41(38(44)37-42(3,4)33-34-43)32-28-36-48-40(46)30-26-24-22-20-18-16-14-12-10-8-6-2;1-5-7-9-11-13-15-17-19-21-23-25-29-37(42)44-33-27-31-40(36(41)35-39(3)4)32-28-34-45-38(43)30-26-24-22-20-18-16-14-12-10-8-6-2;3-1-2-4;;/h43H,5-37H2,1-4H3;5-35H2,1-4H3;4H,1-2H2;1H4;1H/q+1;;;;/p-1. The average molecular weight is 1540 g/mol. The summed E-state index contributed by atoms with van der Waals surface area (Å²) in [6, 6.07) is 0. The topological polar surface area (TPSA) is 190 Å². The number of esters is 4. The van der Waals surface area contributed by atoms with Gasteiger partial charge in [-0.05, 0) is 65.5 Å². The molecule has 0 spiro atoms. The third-order valence-corrected chi connectivity index (χ3v) is 18.1. The first-order valence-electron chi connectivity index (χ1n) is 40.5. The van der Waals surface area contributed by atoms with E-state index in [9.17, 15) is 33.9 Å². The van der Waals surface area contributed by atoms with Gasteiger partial charge in [0.1, 0.15) is 6.54 Å². The minimum absolute atomic E-state index is 0. The fraction of sp³-hybridized carbons (Fsp3) is 0.926. The molecule has 0 saturated heterocycles. The normalized spacial score (nSPS) is 11.0. The molecule has 0 heterocycles. The van der Waals surface area contributed by atoms with E-state index in [0.29, 0.717) is 127 Å². The Morgan fingerprint density at radius 1 is 0.333 bits per heavy atom. The van der Waals surface area contributed by atoms with Crippen molar-refractivity contribution in [3.8, 4) is 0 Å². The number of rotatable bonds is 71. The number of unbranched alkanes of at least 4 members (excludes halogenated alkanes) is 40. The third-order valence-electron chi connectivity index (χ3n) is 17.8. The Labute approximate surface area is 630 Å². The maximum Gasteiger partial charge on any atom is 0.305 e. The number of hydrogen-bond acceptors (Lipinski definition) is 13. The zero-order valence-corrected chi connectivity index (χ0v) is 68.4. The lowest BCUT2D eigenvalue weighted by Gasteiger charge is -2.31. The molecular weight excluding hydrogens is 1380 g/mol. The molecule has 0 fully saturated rings. The number of alkyl halides is 1. The minimum Gasteiger partial charge on any atom is -1.00 e. The molecule has 0 aliphatic heterocycles. The lowest BCUT2D eigenvalue weighted by molar-refractivity contribution is -0.883. The highest BCUT2D eigenvalue weighted by atomic mass is 79.9. The second-order valence-corrected chi connectivity index (χ2v) is 29.2. The van der Waals surface area contributed by atoms with Crippen LogP contribution in [0.4, 0.5) is 0 Å². The molecule has 0 aromatic heterocycles. The molecule has 16 nitrogen and oxygen atoms in total. The van der Waals surface area contributed by atoms with Crippen LogP contribution in [0.2, 0.25) is 0 Å². The molecule has 0 atom stereocenters. The van der Waals surface area contributed by atoms with Gasteiger partial charge in [0.05, 0.1) is 60.3 Å². The summed E-state index contributed by atoms with van der Waals surface area (Å²) in [5, 5.41) is 17.9. The number of amides is 2. The first-order valence-corrected chi connectivity index (χ1v) is 41.6. The van der Waals surface area contributed by atoms with Gasteiger partial charge < -0.3 is 65.3 Å². The van der Waals surface area contributed by atoms with E-state index >= 15 is 0 Å². The Morgan fingerprint density at radius 2 is 0.535 bits per heavy atom. The molecule has 99 heavy (non-hydrogen) atoms. The van der Waals surface area contributed by atoms with Crippen LogP contribution in [0.3, 0.4) is 0 Å². The van der Waals surface area contributed by atoms with Gasteiger partial charge in [0, 0.05) is 57.2 Å². The second-order valence-electron chi connectivity index (χ2n) is 28.4. The molecule has 0 bridgehead atoms. The molecule has 0 aliphatic carbocycles. The number of carbonyl (C=O) groups excluding carboxylic acids is 6. The largest absolute Gasteiger partial charge is 1.00 e. The van der Waals surface area contributed by atoms with Crippen molar-refractivity contribution in [3.05, 3.63) is 0 Å². The van der Waals surface area contributed by atoms with Gasteiger partial charge in [0.25, 0.3) is 5.91 Å². The molecule has 0 aromatic rings. The van der Waals surface area contributed by atoms with Crippen LogP contribution in [-0.4, -0.2) is 184 Å². The highest BCUT2D eigenvalue weighted by Gasteiger charge is 2.24. The van der Waals surface area contributed by atoms with Gasteiger partial charge in [0.15, 0.2) is 6.54 Å². The van der Waals surface area contributed by atoms with Crippen LogP contribution in [0.1, 0.15) is 369 Å². The molecule has 18 heteroatoms. The van der Waals surface area contributed by atoms with E-state index in [2.05, 4.69) is 43.6 Å². The zero-order valence-electron chi connectivity index (χ0n) is 65.2. The molecule has 0 unspecified atom stereocenters. The van der Waals surface area contributed by atoms with E-state index < -0.39 is 0 Å². The number of quaternary nitrogens is 1. The number of likely N-dealkylation sites (N-methyl/N-ethyl adjacent to an activating group) is 2. The van der Waals surface area contributed by atoms with Gasteiger partial charge >= 0.3 is 23.9 Å². The summed E-state index contributed by atoms with van der Waals surface area (Å²) >= 11 is 3.00. The van der Waals surface area contributed by atoms with Crippen LogP contribution in [0.15, 0.2) is 0 Å². The summed E-state index contributed by atoms with van der Waals surface area (Å²) in [5.41, 5.74) is 0. The van der Waals surface area contributed by atoms with Crippen molar-refractivity contribution in [2.24, 2.45) is 0 Å². The van der Waals surface area contributed by atoms with Crippen LogP contribution in [0.25, 0.3) is 0 Å². The third kappa shape index (κ3) is 84.4. The first kappa shape index (κ1) is 105. The summed E-state index contributed by atoms with van der Waals surface area (Å²) in [4.78, 5) is 80.1. The molecule has 2 amide bonds. The van der Waals surface area contributed by atoms with Gasteiger partial charge in [-0.2, -0.15) is 0 Å². The molecule has 0 saturated carbocycles. The molecule has 0 rings (SSSR count). The van der Waals surface area contributed by atoms with Gasteiger partial charge in [-0.25, -0.2) is 0 Å². The van der Waals surface area contributed by atoms with Crippen LogP contribution < -0.4 is 17.0 Å². The summed E-state index contributed by atoms with van der Waals surface area (Å²) in [6.45, 7) is 13.6. The molecule has 2 N–H and O–H groups in total. The SMILES string of the molecule is C.CCCCCCCCCCCCCC(=O)OCCCN(CCCOC(=O)CCCCCCCCCCCCC)C(=O)CN(C)C.CCCCCCCCCCCCCC(=O)OCCCN(CCCOC(=O)CCCCCCCCCCCCC)C(=O)C[N+](C)(C)CCO.OCCBr.[Br-]. The van der Waals surface area contributed by atoms with E-state index in [1.807, 2.05) is 33.1 Å². The van der Waals surface area contributed by atoms with Crippen LogP contribution in [0.5, 0.6) is 0 Å². The summed E-state index contributed by atoms with van der Waals surface area (Å²) in [7, 11) is 7.62. The average Bonchev–Trinajstić information content (AvgIpc) is 0.908. The predicted molar refractivity (Wildman–Crippen MR) is 415 cm³/mol. The predicted octanol–water partition coefficient (Wildman–Crippen LogP) is 16.8. The van der Waals surface area contributed by atoms with Crippen molar-refractivity contribution in [2.75, 3.05) is 119 Å². The summed E-state index contributed by atoms with van der Waals surface area (Å²) in [6.07, 6.45) is 59.4. The number of aliphatic hydroxyl groups is 2. The van der Waals surface area contributed by atoms with Gasteiger partial charge in [-0.3, -0.25) is 28.8 Å². The van der Waals surface area contributed by atoms with Crippen molar-refractivity contribution in [2.45, 2.75) is 369 Å². The lowest BCUT2D eigenvalue weighted by Crippen LogP contribution is -3.00. The van der Waals surface area contributed by atoms with E-state index in [1.165, 1.54) is 231 Å². The van der Waals surface area contributed by atoms with Gasteiger partial charge in [-0.1, -0.05) is 308 Å². The number of aliphatic hydroxyl groups excluding tert-OH is 2. The maximum atomic E-state index is 13.2. The monoisotopic (exact) mass is 1540 g/mol. The zero-order chi connectivity index (χ0) is 72.2. The van der Waals surface area contributed by atoms with Crippen molar-refractivity contribution in [1.82, 2.24) is 14.7 Å². The Balaban J connectivity index is -0.000000554. The Hall–Kier alpha value is -2.38. The van der Waals surface area contributed by atoms with E-state index in [4.69, 9.17) is 24.1 Å². The summed E-state index contributed by atoms with van der Waals surface area (Å²) < 4.78 is 22.2. The number of carbonyl (C=O) groups is 6. The number of ether oxygens (including phenoxy) is 4. The minimum atomic E-state index is -0.158. The van der Waals surface area contributed by atoms with Crippen LogP contribution in [0, 0.1) is 0 Å². The molecule has 0 aliphatic rings. The quantitative estimate of drug-likeness (QED) is 0.0193. The van der Waals surface area contributed by atoms with E-state index in [-0.39, 0.29) is 79.9 Å². The lowest BCUT2D eigenvalue weighted by atomic mass is 10.1. The van der Waals surface area contributed by atoms with Crippen molar-refractivity contribution in [1.29, 1.82) is 0 Å². The van der Waals surface area contributed by atoms with Gasteiger partial charge in [0.2, 0.25) is 5.91 Å². The summed E-state index contributed by atoms with van der Waals surface area (Å²) in [5.74, 6) is -0.556. The van der Waals surface area contributed by atoms with Crippen molar-refractivity contribution >= 4 is 51.6 Å². The van der Waals surface area contributed by atoms with Crippen LogP contribution >= 0.6 is 15.9 Å². The molecular formula is C81H162Br2N4O12. The highest BCUT2D eigenvalue weighted by molar-refractivity contribution is 9.09. The Kier molecular flexibility index (Phi) is 89.9. The first-order chi connectivity index (χ1) is 47.1. The second kappa shape index (κ2) is 84.6. The van der Waals surface area contributed by atoms with Crippen molar-refractivity contribution < 1.29 is 79.4 Å². The van der Waals surface area contributed by atoms with Crippen molar-refractivity contribution in [3.63, 3.8) is 0 Å². The number of halogens is 2. The maximum absolute atomic E-state index is 13.2. The number of nitrogens with zero attached hydrogens (tertiary/aromatic N) is 4. The molecule has 0 aromatic carbocycles.